The number of nitrogens with one attached hydrogen (secondary N) is 1. The Morgan fingerprint density at radius 3 is 2.52 bits per heavy atom. The molecule has 0 bridgehead atoms. The van der Waals surface area contributed by atoms with Gasteiger partial charge in [0.2, 0.25) is 5.91 Å². The van der Waals surface area contributed by atoms with Crippen LogP contribution in [-0.2, 0) is 22.7 Å². The maximum absolute atomic E-state index is 11.7. The molecule has 2 rings (SSSR count). The van der Waals surface area contributed by atoms with Crippen LogP contribution in [0.3, 0.4) is 0 Å². The zero-order valence-electron chi connectivity index (χ0n) is 14.0. The quantitative estimate of drug-likeness (QED) is 0.731. The topological polar surface area (TPSA) is 84.9 Å². The monoisotopic (exact) mass is 343 g/mol. The van der Waals surface area contributed by atoms with Gasteiger partial charge in [0.15, 0.2) is 0 Å². The first kappa shape index (κ1) is 18.3. The van der Waals surface area contributed by atoms with Crippen molar-refractivity contribution in [2.24, 2.45) is 0 Å². The molecule has 25 heavy (non-hydrogen) atoms. The summed E-state index contributed by atoms with van der Waals surface area (Å²) in [5.74, 6) is -0.0375. The van der Waals surface area contributed by atoms with Crippen molar-refractivity contribution in [1.29, 1.82) is 0 Å². The van der Waals surface area contributed by atoms with E-state index in [2.05, 4.69) is 5.32 Å². The number of carboxylic acids is 1. The summed E-state index contributed by atoms with van der Waals surface area (Å²) in [4.78, 5) is 22.2. The van der Waals surface area contributed by atoms with Gasteiger partial charge in [0.25, 0.3) is 0 Å². The Kier molecular flexibility index (Phi) is 6.83. The van der Waals surface area contributed by atoms with E-state index in [1.807, 2.05) is 36.4 Å². The van der Waals surface area contributed by atoms with Crippen LogP contribution in [0, 0.1) is 0 Å². The molecule has 2 aromatic rings. The van der Waals surface area contributed by atoms with Crippen LogP contribution < -0.4 is 14.8 Å². The van der Waals surface area contributed by atoms with E-state index < -0.39 is 5.97 Å². The molecule has 0 radical (unpaired) electrons. The van der Waals surface area contributed by atoms with Crippen molar-refractivity contribution in [2.45, 2.75) is 26.0 Å². The van der Waals surface area contributed by atoms with Crippen LogP contribution in [0.5, 0.6) is 11.5 Å². The number of hydrogen-bond donors (Lipinski definition) is 2. The molecule has 6 nitrogen and oxygen atoms in total. The zero-order chi connectivity index (χ0) is 18.1. The third kappa shape index (κ3) is 6.18. The fraction of sp³-hybridized carbons (Fsp3) is 0.263. The summed E-state index contributed by atoms with van der Waals surface area (Å²) in [6, 6.07) is 15.1. The number of benzene rings is 2. The van der Waals surface area contributed by atoms with E-state index in [-0.39, 0.29) is 25.3 Å². The minimum absolute atomic E-state index is 0.0499. The standard InChI is InChI=1S/C19H21NO5/c1-24-16-8-7-15(12-20-18(21)9-10-19(22)23)17(11-16)25-13-14-5-3-2-4-6-14/h2-8,11H,9-10,12-13H2,1H3,(H,20,21)(H,22,23). The highest BCUT2D eigenvalue weighted by molar-refractivity contribution is 5.80. The van der Waals surface area contributed by atoms with E-state index in [0.717, 1.165) is 11.1 Å². The van der Waals surface area contributed by atoms with Crippen LogP contribution in [0.25, 0.3) is 0 Å². The highest BCUT2D eigenvalue weighted by Crippen LogP contribution is 2.25. The van der Waals surface area contributed by atoms with Gasteiger partial charge in [-0.3, -0.25) is 9.59 Å². The summed E-state index contributed by atoms with van der Waals surface area (Å²) in [5, 5.41) is 11.3. The van der Waals surface area contributed by atoms with Gasteiger partial charge in [-0.25, -0.2) is 0 Å². The van der Waals surface area contributed by atoms with Crippen LogP contribution in [-0.4, -0.2) is 24.1 Å². The molecule has 1 amide bonds. The second kappa shape index (κ2) is 9.32. The number of carbonyl (C=O) groups excluding carboxylic acids is 1. The number of carbonyl (C=O) groups is 2. The van der Waals surface area contributed by atoms with E-state index in [1.54, 1.807) is 19.2 Å². The molecule has 132 valence electrons. The number of hydrogen-bond acceptors (Lipinski definition) is 4. The molecule has 0 spiro atoms. The highest BCUT2D eigenvalue weighted by Gasteiger charge is 2.10. The average Bonchev–Trinajstić information content (AvgIpc) is 2.64. The SMILES string of the molecule is COc1ccc(CNC(=O)CCC(=O)O)c(OCc2ccccc2)c1. The lowest BCUT2D eigenvalue weighted by atomic mass is 10.1. The Balaban J connectivity index is 2.01. The maximum Gasteiger partial charge on any atom is 0.303 e. The van der Waals surface area contributed by atoms with Crippen molar-refractivity contribution in [3.63, 3.8) is 0 Å². The van der Waals surface area contributed by atoms with Gasteiger partial charge >= 0.3 is 5.97 Å². The third-order valence-electron chi connectivity index (χ3n) is 3.55. The predicted octanol–water partition coefficient (Wildman–Crippen LogP) is 2.76. The minimum Gasteiger partial charge on any atom is -0.497 e. The summed E-state index contributed by atoms with van der Waals surface area (Å²) in [7, 11) is 1.57. The van der Waals surface area contributed by atoms with Crippen LogP contribution in [0.4, 0.5) is 0 Å². The second-order valence-corrected chi connectivity index (χ2v) is 5.42. The number of ether oxygens (including phenoxy) is 2. The van der Waals surface area contributed by atoms with E-state index in [1.165, 1.54) is 0 Å². The van der Waals surface area contributed by atoms with Gasteiger partial charge < -0.3 is 19.9 Å². The summed E-state index contributed by atoms with van der Waals surface area (Å²) in [6.07, 6.45) is -0.239. The van der Waals surface area contributed by atoms with Gasteiger partial charge in [-0.2, -0.15) is 0 Å². The van der Waals surface area contributed by atoms with Crippen LogP contribution in [0.1, 0.15) is 24.0 Å². The van der Waals surface area contributed by atoms with Gasteiger partial charge in [-0.05, 0) is 17.7 Å². The number of rotatable bonds is 9. The highest BCUT2D eigenvalue weighted by atomic mass is 16.5. The fourth-order valence-electron chi connectivity index (χ4n) is 2.18. The summed E-state index contributed by atoms with van der Waals surface area (Å²) in [5.41, 5.74) is 1.82. The average molecular weight is 343 g/mol. The molecule has 0 unspecified atom stereocenters. The lowest BCUT2D eigenvalue weighted by Crippen LogP contribution is -2.23. The Morgan fingerprint density at radius 2 is 1.84 bits per heavy atom. The van der Waals surface area contributed by atoms with Crippen molar-refractivity contribution in [2.75, 3.05) is 7.11 Å². The van der Waals surface area contributed by atoms with E-state index in [4.69, 9.17) is 14.6 Å². The summed E-state index contributed by atoms with van der Waals surface area (Å²) < 4.78 is 11.1. The van der Waals surface area contributed by atoms with E-state index in [0.29, 0.717) is 18.1 Å². The van der Waals surface area contributed by atoms with E-state index in [9.17, 15) is 9.59 Å². The molecule has 0 fully saturated rings. The molecular formula is C19H21NO5. The number of carboxylic acid groups (broad SMARTS) is 1. The van der Waals surface area contributed by atoms with Gasteiger partial charge in [0.05, 0.1) is 13.5 Å². The molecule has 0 heterocycles. The lowest BCUT2D eigenvalue weighted by molar-refractivity contribution is -0.138. The number of aliphatic carboxylic acids is 1. The van der Waals surface area contributed by atoms with Crippen LogP contribution in [0.15, 0.2) is 48.5 Å². The predicted molar refractivity (Wildman–Crippen MR) is 92.5 cm³/mol. The normalized spacial score (nSPS) is 10.1. The largest absolute Gasteiger partial charge is 0.497 e. The molecule has 0 aromatic heterocycles. The Hall–Kier alpha value is -3.02. The van der Waals surface area contributed by atoms with Crippen molar-refractivity contribution < 1.29 is 24.2 Å². The maximum atomic E-state index is 11.7. The van der Waals surface area contributed by atoms with Gasteiger partial charge in [-0.1, -0.05) is 30.3 Å². The Labute approximate surface area is 146 Å². The molecule has 0 aliphatic heterocycles. The molecule has 0 saturated heterocycles. The third-order valence-corrected chi connectivity index (χ3v) is 3.55. The number of amides is 1. The van der Waals surface area contributed by atoms with Gasteiger partial charge in [-0.15, -0.1) is 0 Å². The fourth-order valence-corrected chi connectivity index (χ4v) is 2.18. The molecule has 2 aromatic carbocycles. The van der Waals surface area contributed by atoms with Crippen molar-refractivity contribution in [3.8, 4) is 11.5 Å². The van der Waals surface area contributed by atoms with Crippen LogP contribution >= 0.6 is 0 Å². The van der Waals surface area contributed by atoms with E-state index >= 15 is 0 Å². The van der Waals surface area contributed by atoms with Crippen molar-refractivity contribution >= 4 is 11.9 Å². The first-order valence-electron chi connectivity index (χ1n) is 7.90. The molecule has 0 atom stereocenters. The Morgan fingerprint density at radius 1 is 1.08 bits per heavy atom. The zero-order valence-corrected chi connectivity index (χ0v) is 14.0. The molecule has 0 saturated carbocycles. The second-order valence-electron chi connectivity index (χ2n) is 5.42. The Bertz CT molecular complexity index is 715. The molecule has 2 N–H and O–H groups in total. The molecule has 0 aliphatic rings. The smallest absolute Gasteiger partial charge is 0.303 e. The lowest BCUT2D eigenvalue weighted by Gasteiger charge is -2.14. The molecule has 6 heteroatoms. The summed E-state index contributed by atoms with van der Waals surface area (Å²) in [6.45, 7) is 0.653. The van der Waals surface area contributed by atoms with Crippen molar-refractivity contribution in [1.82, 2.24) is 5.32 Å². The van der Waals surface area contributed by atoms with Gasteiger partial charge in [0.1, 0.15) is 18.1 Å². The molecule has 0 aliphatic carbocycles. The number of methoxy groups -OCH3 is 1. The van der Waals surface area contributed by atoms with Crippen molar-refractivity contribution in [3.05, 3.63) is 59.7 Å². The first-order valence-corrected chi connectivity index (χ1v) is 7.90. The van der Waals surface area contributed by atoms with Gasteiger partial charge in [0, 0.05) is 24.6 Å². The summed E-state index contributed by atoms with van der Waals surface area (Å²) >= 11 is 0. The molecular weight excluding hydrogens is 322 g/mol. The van der Waals surface area contributed by atoms with Crippen LogP contribution in [0.2, 0.25) is 0 Å². The minimum atomic E-state index is -0.994. The first-order chi connectivity index (χ1) is 12.1.